The van der Waals surface area contributed by atoms with E-state index in [0.717, 1.165) is 0 Å². The van der Waals surface area contributed by atoms with Gasteiger partial charge in [0, 0.05) is 16.5 Å². The summed E-state index contributed by atoms with van der Waals surface area (Å²) >= 11 is 0. The molecule has 0 aliphatic heterocycles. The van der Waals surface area contributed by atoms with E-state index < -0.39 is 0 Å². The fourth-order valence-corrected chi connectivity index (χ4v) is 4.04. The van der Waals surface area contributed by atoms with Crippen molar-refractivity contribution in [3.05, 3.63) is 78.4 Å². The molecule has 0 unspecified atom stereocenters. The molecule has 0 bridgehead atoms. The molecule has 0 N–H and O–H groups in total. The van der Waals surface area contributed by atoms with Gasteiger partial charge in [-0.2, -0.15) is 0 Å². The van der Waals surface area contributed by atoms with Gasteiger partial charge in [0.05, 0.1) is 11.0 Å². The first kappa shape index (κ1) is 16.0. The predicted molar refractivity (Wildman–Crippen MR) is 109 cm³/mol. The van der Waals surface area contributed by atoms with E-state index >= 15 is 0 Å². The van der Waals surface area contributed by atoms with Crippen LogP contribution in [0.25, 0.3) is 27.5 Å². The Morgan fingerprint density at radius 2 is 1.36 bits per heavy atom. The van der Waals surface area contributed by atoms with Crippen LogP contribution in [-0.2, 0) is 5.41 Å². The maximum Gasteiger partial charge on any atom is 0.0541 e. The van der Waals surface area contributed by atoms with Gasteiger partial charge in [0.25, 0.3) is 0 Å². The Bertz CT molecular complexity index is 983. The summed E-state index contributed by atoms with van der Waals surface area (Å²) in [5.41, 5.74) is 5.40. The van der Waals surface area contributed by atoms with Crippen molar-refractivity contribution >= 4 is 21.8 Å². The van der Waals surface area contributed by atoms with Crippen molar-refractivity contribution in [3.63, 3.8) is 0 Å². The molecule has 1 aromatic heterocycles. The van der Waals surface area contributed by atoms with Gasteiger partial charge in [-0.3, -0.25) is 0 Å². The van der Waals surface area contributed by atoms with E-state index in [1.807, 2.05) is 0 Å². The van der Waals surface area contributed by atoms with Gasteiger partial charge in [0.2, 0.25) is 0 Å². The Kier molecular flexibility index (Phi) is 3.88. The molecule has 0 radical (unpaired) electrons. The molecule has 0 amide bonds. The van der Waals surface area contributed by atoms with Crippen LogP contribution < -0.4 is 0 Å². The Balaban J connectivity index is 1.99. The van der Waals surface area contributed by atoms with E-state index in [-0.39, 0.29) is 5.41 Å². The highest BCUT2D eigenvalue weighted by Gasteiger charge is 2.20. The minimum Gasteiger partial charge on any atom is -0.309 e. The summed E-state index contributed by atoms with van der Waals surface area (Å²) in [4.78, 5) is 0. The Labute approximate surface area is 149 Å². The number of nitrogens with zero attached hydrogens (tertiary/aromatic N) is 1. The second kappa shape index (κ2) is 6.07. The van der Waals surface area contributed by atoms with E-state index in [2.05, 4.69) is 98.1 Å². The fraction of sp³-hybridized carbons (Fsp3) is 0.250. The number of fused-ring (bicyclic) bond motifs is 3. The number of benzene rings is 3. The van der Waals surface area contributed by atoms with Crippen molar-refractivity contribution in [1.29, 1.82) is 0 Å². The van der Waals surface area contributed by atoms with Gasteiger partial charge in [-0.25, -0.2) is 0 Å². The lowest BCUT2D eigenvalue weighted by atomic mass is 9.80. The number of hydrogen-bond acceptors (Lipinski definition) is 0. The first-order chi connectivity index (χ1) is 12.1. The Morgan fingerprint density at radius 1 is 0.760 bits per heavy atom. The normalized spacial score (nSPS) is 12.1. The molecule has 4 aromatic rings. The van der Waals surface area contributed by atoms with Gasteiger partial charge in [-0.1, -0.05) is 75.7 Å². The van der Waals surface area contributed by atoms with Gasteiger partial charge in [-0.15, -0.1) is 0 Å². The summed E-state index contributed by atoms with van der Waals surface area (Å²) < 4.78 is 2.40. The highest BCUT2D eigenvalue weighted by atomic mass is 15.0. The predicted octanol–water partition coefficient (Wildman–Crippen LogP) is 6.86. The van der Waals surface area contributed by atoms with E-state index in [0.29, 0.717) is 0 Å². The molecule has 0 saturated heterocycles. The standard InChI is InChI=1S/C24H25N/c1-4-16-24(2,3)18-10-9-11-19(17-18)25-22-14-7-5-12-20(22)21-13-6-8-15-23(21)25/h5-15,17H,4,16H2,1-3H3. The lowest BCUT2D eigenvalue weighted by Crippen LogP contribution is -2.16. The lowest BCUT2D eigenvalue weighted by molar-refractivity contribution is 0.473. The maximum absolute atomic E-state index is 2.40. The second-order valence-corrected chi connectivity index (χ2v) is 7.55. The Hall–Kier alpha value is -2.54. The average Bonchev–Trinajstić information content (AvgIpc) is 2.96. The van der Waals surface area contributed by atoms with Crippen molar-refractivity contribution in [2.75, 3.05) is 0 Å². The zero-order valence-electron chi connectivity index (χ0n) is 15.3. The highest BCUT2D eigenvalue weighted by Crippen LogP contribution is 2.34. The van der Waals surface area contributed by atoms with Crippen molar-refractivity contribution in [3.8, 4) is 5.69 Å². The quantitative estimate of drug-likeness (QED) is 0.386. The van der Waals surface area contributed by atoms with Crippen LogP contribution >= 0.6 is 0 Å². The molecule has 1 heteroatoms. The molecule has 0 saturated carbocycles. The molecule has 0 aliphatic carbocycles. The van der Waals surface area contributed by atoms with Gasteiger partial charge in [0.15, 0.2) is 0 Å². The molecular weight excluding hydrogens is 302 g/mol. The van der Waals surface area contributed by atoms with E-state index in [1.165, 1.54) is 45.9 Å². The molecule has 0 atom stereocenters. The molecule has 25 heavy (non-hydrogen) atoms. The first-order valence-corrected chi connectivity index (χ1v) is 9.21. The monoisotopic (exact) mass is 327 g/mol. The van der Waals surface area contributed by atoms with Crippen LogP contribution in [0.5, 0.6) is 0 Å². The number of aromatic nitrogens is 1. The fourth-order valence-electron chi connectivity index (χ4n) is 4.04. The van der Waals surface area contributed by atoms with Crippen LogP contribution in [0, 0.1) is 0 Å². The van der Waals surface area contributed by atoms with Crippen molar-refractivity contribution < 1.29 is 0 Å². The smallest absolute Gasteiger partial charge is 0.0541 e. The van der Waals surface area contributed by atoms with Crippen LogP contribution in [-0.4, -0.2) is 4.57 Å². The second-order valence-electron chi connectivity index (χ2n) is 7.55. The van der Waals surface area contributed by atoms with Crippen LogP contribution in [0.15, 0.2) is 72.8 Å². The molecule has 0 spiro atoms. The Morgan fingerprint density at radius 3 is 1.96 bits per heavy atom. The third-order valence-electron chi connectivity index (χ3n) is 5.34. The molecule has 3 aromatic carbocycles. The summed E-state index contributed by atoms with van der Waals surface area (Å²) in [5.74, 6) is 0. The summed E-state index contributed by atoms with van der Waals surface area (Å²) in [7, 11) is 0. The minimum absolute atomic E-state index is 0.198. The molecule has 0 aliphatic rings. The van der Waals surface area contributed by atoms with Gasteiger partial charge in [-0.05, 0) is 41.7 Å². The van der Waals surface area contributed by atoms with E-state index in [9.17, 15) is 0 Å². The third kappa shape index (κ3) is 2.64. The molecule has 4 rings (SSSR count). The molecular formula is C24H25N. The van der Waals surface area contributed by atoms with Crippen molar-refractivity contribution in [2.24, 2.45) is 0 Å². The van der Waals surface area contributed by atoms with Crippen LogP contribution in [0.2, 0.25) is 0 Å². The van der Waals surface area contributed by atoms with Gasteiger partial charge in [0.1, 0.15) is 0 Å². The summed E-state index contributed by atoms with van der Waals surface area (Å²) in [6, 6.07) is 26.5. The SMILES string of the molecule is CCCC(C)(C)c1cccc(-n2c3ccccc3c3ccccc32)c1. The highest BCUT2D eigenvalue weighted by molar-refractivity contribution is 6.09. The maximum atomic E-state index is 2.40. The zero-order chi connectivity index (χ0) is 17.4. The number of rotatable bonds is 4. The van der Waals surface area contributed by atoms with Crippen LogP contribution in [0.4, 0.5) is 0 Å². The number of hydrogen-bond donors (Lipinski definition) is 0. The van der Waals surface area contributed by atoms with Crippen molar-refractivity contribution in [2.45, 2.75) is 39.0 Å². The summed E-state index contributed by atoms with van der Waals surface area (Å²) in [6.45, 7) is 6.96. The van der Waals surface area contributed by atoms with Crippen molar-refractivity contribution in [1.82, 2.24) is 4.57 Å². The number of para-hydroxylation sites is 2. The minimum atomic E-state index is 0.198. The lowest BCUT2D eigenvalue weighted by Gasteiger charge is -2.25. The van der Waals surface area contributed by atoms with E-state index in [4.69, 9.17) is 0 Å². The summed E-state index contributed by atoms with van der Waals surface area (Å²) in [5, 5.41) is 2.63. The molecule has 0 fully saturated rings. The average molecular weight is 327 g/mol. The van der Waals surface area contributed by atoms with Gasteiger partial charge >= 0.3 is 0 Å². The molecule has 1 heterocycles. The molecule has 126 valence electrons. The third-order valence-corrected chi connectivity index (χ3v) is 5.34. The van der Waals surface area contributed by atoms with Crippen LogP contribution in [0.1, 0.15) is 39.2 Å². The molecule has 1 nitrogen and oxygen atoms in total. The first-order valence-electron chi connectivity index (χ1n) is 9.21. The topological polar surface area (TPSA) is 4.93 Å². The van der Waals surface area contributed by atoms with Gasteiger partial charge < -0.3 is 4.57 Å². The summed E-state index contributed by atoms with van der Waals surface area (Å²) in [6.07, 6.45) is 2.40. The van der Waals surface area contributed by atoms with E-state index in [1.54, 1.807) is 0 Å². The largest absolute Gasteiger partial charge is 0.309 e. The van der Waals surface area contributed by atoms with Crippen LogP contribution in [0.3, 0.4) is 0 Å². The zero-order valence-corrected chi connectivity index (χ0v) is 15.3.